The van der Waals surface area contributed by atoms with Crippen LogP contribution < -0.4 is 11.1 Å². The van der Waals surface area contributed by atoms with E-state index in [1.807, 2.05) is 6.92 Å². The van der Waals surface area contributed by atoms with Gasteiger partial charge in [-0.2, -0.15) is 0 Å². The van der Waals surface area contributed by atoms with Crippen LogP contribution in [0.3, 0.4) is 0 Å². The second-order valence-corrected chi connectivity index (χ2v) is 5.54. The van der Waals surface area contributed by atoms with Gasteiger partial charge in [0.1, 0.15) is 0 Å². The normalized spacial score (nSPS) is 38.0. The van der Waals surface area contributed by atoms with Crippen LogP contribution >= 0.6 is 0 Å². The zero-order valence-electron chi connectivity index (χ0n) is 10.7. The molecular formula is C13H24N2O2. The third kappa shape index (κ3) is 3.68. The fourth-order valence-electron chi connectivity index (χ4n) is 2.97. The Kier molecular flexibility index (Phi) is 4.40. The second-order valence-electron chi connectivity index (χ2n) is 5.54. The summed E-state index contributed by atoms with van der Waals surface area (Å²) in [7, 11) is 0. The highest BCUT2D eigenvalue weighted by Gasteiger charge is 2.27. The highest BCUT2D eigenvalue weighted by atomic mass is 16.5. The van der Waals surface area contributed by atoms with Crippen molar-refractivity contribution in [3.8, 4) is 0 Å². The largest absolute Gasteiger partial charge is 0.376 e. The van der Waals surface area contributed by atoms with Crippen LogP contribution in [0.25, 0.3) is 0 Å². The lowest BCUT2D eigenvalue weighted by Gasteiger charge is -2.26. The summed E-state index contributed by atoms with van der Waals surface area (Å²) in [6.07, 6.45) is 6.18. The predicted octanol–water partition coefficient (Wildman–Crippen LogP) is 1.19. The minimum atomic E-state index is 0.160. The summed E-state index contributed by atoms with van der Waals surface area (Å²) in [5, 5.41) is 3.09. The van der Waals surface area contributed by atoms with E-state index < -0.39 is 0 Å². The molecule has 0 radical (unpaired) electrons. The van der Waals surface area contributed by atoms with E-state index in [9.17, 15) is 4.79 Å². The van der Waals surface area contributed by atoms with Crippen molar-refractivity contribution in [1.29, 1.82) is 0 Å². The van der Waals surface area contributed by atoms with E-state index in [0.717, 1.165) is 32.3 Å². The van der Waals surface area contributed by atoms with Gasteiger partial charge in [-0.25, -0.2) is 0 Å². The molecule has 98 valence electrons. The summed E-state index contributed by atoms with van der Waals surface area (Å²) in [6.45, 7) is 2.79. The molecule has 1 saturated heterocycles. The van der Waals surface area contributed by atoms with E-state index in [1.54, 1.807) is 0 Å². The molecule has 0 aromatic rings. The van der Waals surface area contributed by atoms with Crippen LogP contribution in [0.2, 0.25) is 0 Å². The van der Waals surface area contributed by atoms with Crippen molar-refractivity contribution in [3.05, 3.63) is 0 Å². The fraction of sp³-hybridized carbons (Fsp3) is 0.923. The third-order valence-electron chi connectivity index (χ3n) is 4.02. The third-order valence-corrected chi connectivity index (χ3v) is 4.02. The molecule has 2 aliphatic rings. The van der Waals surface area contributed by atoms with Gasteiger partial charge in [0, 0.05) is 19.1 Å². The lowest BCUT2D eigenvalue weighted by atomic mass is 9.84. The average Bonchev–Trinajstić information content (AvgIpc) is 2.64. The van der Waals surface area contributed by atoms with Crippen LogP contribution in [-0.4, -0.2) is 30.7 Å². The van der Waals surface area contributed by atoms with Gasteiger partial charge in [0.25, 0.3) is 0 Å². The monoisotopic (exact) mass is 240 g/mol. The van der Waals surface area contributed by atoms with Crippen LogP contribution in [0.4, 0.5) is 0 Å². The maximum absolute atomic E-state index is 11.9. The molecule has 1 aliphatic heterocycles. The van der Waals surface area contributed by atoms with E-state index in [2.05, 4.69) is 5.32 Å². The van der Waals surface area contributed by atoms with Gasteiger partial charge < -0.3 is 15.8 Å². The highest BCUT2D eigenvalue weighted by molar-refractivity contribution is 5.76. The number of ether oxygens (including phenoxy) is 1. The first kappa shape index (κ1) is 12.8. The number of rotatable bonds is 3. The van der Waals surface area contributed by atoms with E-state index in [-0.39, 0.29) is 18.1 Å². The van der Waals surface area contributed by atoms with Gasteiger partial charge in [0.2, 0.25) is 5.91 Å². The lowest BCUT2D eigenvalue weighted by molar-refractivity contribution is -0.123. The minimum Gasteiger partial charge on any atom is -0.376 e. The van der Waals surface area contributed by atoms with Crippen LogP contribution in [-0.2, 0) is 9.53 Å². The molecule has 1 heterocycles. The molecule has 4 heteroatoms. The van der Waals surface area contributed by atoms with E-state index >= 15 is 0 Å². The van der Waals surface area contributed by atoms with Crippen molar-refractivity contribution in [2.45, 2.75) is 63.6 Å². The van der Waals surface area contributed by atoms with Gasteiger partial charge in [0.15, 0.2) is 0 Å². The van der Waals surface area contributed by atoms with Crippen molar-refractivity contribution in [2.24, 2.45) is 11.7 Å². The van der Waals surface area contributed by atoms with Crippen LogP contribution in [0, 0.1) is 5.92 Å². The van der Waals surface area contributed by atoms with Crippen molar-refractivity contribution < 1.29 is 9.53 Å². The summed E-state index contributed by atoms with van der Waals surface area (Å²) in [4.78, 5) is 11.9. The fourth-order valence-corrected chi connectivity index (χ4v) is 2.97. The lowest BCUT2D eigenvalue weighted by Crippen LogP contribution is -2.40. The van der Waals surface area contributed by atoms with Crippen molar-refractivity contribution in [1.82, 2.24) is 5.32 Å². The molecule has 4 nitrogen and oxygen atoms in total. The van der Waals surface area contributed by atoms with Crippen LogP contribution in [0.1, 0.15) is 45.4 Å². The zero-order chi connectivity index (χ0) is 12.3. The van der Waals surface area contributed by atoms with Gasteiger partial charge in [0.05, 0.1) is 12.1 Å². The SMILES string of the molecule is CC1OCCC1NC(=O)CC1CCCC(N)C1. The van der Waals surface area contributed by atoms with Gasteiger partial charge in [-0.05, 0) is 38.5 Å². The molecule has 4 atom stereocenters. The molecule has 1 aliphatic carbocycles. The molecule has 4 unspecified atom stereocenters. The van der Waals surface area contributed by atoms with E-state index in [1.165, 1.54) is 6.42 Å². The Hall–Kier alpha value is -0.610. The van der Waals surface area contributed by atoms with Gasteiger partial charge in [-0.1, -0.05) is 6.42 Å². The Morgan fingerprint density at radius 1 is 1.41 bits per heavy atom. The van der Waals surface area contributed by atoms with Crippen molar-refractivity contribution in [2.75, 3.05) is 6.61 Å². The Balaban J connectivity index is 1.73. The van der Waals surface area contributed by atoms with E-state index in [4.69, 9.17) is 10.5 Å². The Bertz CT molecular complexity index is 270. The summed E-state index contributed by atoms with van der Waals surface area (Å²) in [6, 6.07) is 0.509. The quantitative estimate of drug-likeness (QED) is 0.779. The van der Waals surface area contributed by atoms with Gasteiger partial charge in [-0.3, -0.25) is 4.79 Å². The Labute approximate surface area is 103 Å². The average molecular weight is 240 g/mol. The molecule has 2 rings (SSSR count). The number of nitrogens with one attached hydrogen (secondary N) is 1. The smallest absolute Gasteiger partial charge is 0.220 e. The molecule has 1 saturated carbocycles. The topological polar surface area (TPSA) is 64.3 Å². The second kappa shape index (κ2) is 5.83. The number of carbonyl (C=O) groups excluding carboxylic acids is 1. The first-order valence-electron chi connectivity index (χ1n) is 6.81. The molecule has 17 heavy (non-hydrogen) atoms. The number of hydrogen-bond acceptors (Lipinski definition) is 3. The Morgan fingerprint density at radius 2 is 2.24 bits per heavy atom. The summed E-state index contributed by atoms with van der Waals surface area (Å²) >= 11 is 0. The van der Waals surface area contributed by atoms with Crippen LogP contribution in [0.5, 0.6) is 0 Å². The maximum atomic E-state index is 11.9. The number of nitrogens with two attached hydrogens (primary N) is 1. The first-order valence-corrected chi connectivity index (χ1v) is 6.81. The van der Waals surface area contributed by atoms with E-state index in [0.29, 0.717) is 18.4 Å². The molecule has 1 amide bonds. The number of hydrogen-bond donors (Lipinski definition) is 2. The van der Waals surface area contributed by atoms with Gasteiger partial charge in [-0.15, -0.1) is 0 Å². The Morgan fingerprint density at radius 3 is 2.88 bits per heavy atom. The number of carbonyl (C=O) groups is 1. The zero-order valence-corrected chi connectivity index (χ0v) is 10.7. The molecule has 0 spiro atoms. The van der Waals surface area contributed by atoms with Crippen LogP contribution in [0.15, 0.2) is 0 Å². The maximum Gasteiger partial charge on any atom is 0.220 e. The molecule has 0 aromatic heterocycles. The molecule has 3 N–H and O–H groups in total. The highest BCUT2D eigenvalue weighted by Crippen LogP contribution is 2.26. The molecule has 2 fully saturated rings. The predicted molar refractivity (Wildman–Crippen MR) is 66.5 cm³/mol. The molecule has 0 bridgehead atoms. The minimum absolute atomic E-state index is 0.160. The standard InChI is InChI=1S/C13H24N2O2/c1-9-12(5-6-17-9)15-13(16)8-10-3-2-4-11(14)7-10/h9-12H,2-8,14H2,1H3,(H,15,16). The van der Waals surface area contributed by atoms with Crippen molar-refractivity contribution in [3.63, 3.8) is 0 Å². The summed E-state index contributed by atoms with van der Waals surface area (Å²) < 4.78 is 5.44. The number of amides is 1. The molecule has 0 aromatic carbocycles. The summed E-state index contributed by atoms with van der Waals surface area (Å²) in [5.74, 6) is 0.655. The summed E-state index contributed by atoms with van der Waals surface area (Å²) in [5.41, 5.74) is 5.93. The first-order chi connectivity index (χ1) is 8.15. The van der Waals surface area contributed by atoms with Gasteiger partial charge >= 0.3 is 0 Å². The molecular weight excluding hydrogens is 216 g/mol. The van der Waals surface area contributed by atoms with Crippen molar-refractivity contribution >= 4 is 5.91 Å².